The maximum absolute atomic E-state index is 12.4. The quantitative estimate of drug-likeness (QED) is 0.632. The van der Waals surface area contributed by atoms with Gasteiger partial charge >= 0.3 is 0 Å². The standard InChI is InChI=1S/C19H21N5O2S/c1-13-9-10-17(26-3)16(11-13)24-19(21-22-23-24)27-14(2)18(25)20-12-15-7-5-4-6-8-15/h4-11,14H,12H2,1-3H3,(H,20,25). The van der Waals surface area contributed by atoms with Crippen LogP contribution < -0.4 is 10.1 Å². The van der Waals surface area contributed by atoms with Crippen LogP contribution in [0.15, 0.2) is 53.7 Å². The molecule has 1 heterocycles. The Kier molecular flexibility index (Phi) is 6.08. The van der Waals surface area contributed by atoms with E-state index in [0.717, 1.165) is 16.8 Å². The van der Waals surface area contributed by atoms with Gasteiger partial charge in [-0.1, -0.05) is 48.2 Å². The number of aryl methyl sites for hydroxylation is 1. The largest absolute Gasteiger partial charge is 0.494 e. The molecule has 1 aromatic heterocycles. The van der Waals surface area contributed by atoms with Crippen LogP contribution in [0.5, 0.6) is 5.75 Å². The van der Waals surface area contributed by atoms with Crippen molar-refractivity contribution in [2.75, 3.05) is 7.11 Å². The summed E-state index contributed by atoms with van der Waals surface area (Å²) in [5, 5.41) is 15.0. The minimum atomic E-state index is -0.353. The molecule has 0 saturated heterocycles. The summed E-state index contributed by atoms with van der Waals surface area (Å²) in [5.74, 6) is 0.588. The van der Waals surface area contributed by atoms with Crippen LogP contribution in [0, 0.1) is 6.92 Å². The molecular weight excluding hydrogens is 362 g/mol. The van der Waals surface area contributed by atoms with Gasteiger partial charge in [-0.25, -0.2) is 0 Å². The molecule has 7 nitrogen and oxygen atoms in total. The SMILES string of the molecule is COc1ccc(C)cc1-n1nnnc1SC(C)C(=O)NCc1ccccc1. The number of methoxy groups -OCH3 is 1. The van der Waals surface area contributed by atoms with Gasteiger partial charge in [0.25, 0.3) is 0 Å². The molecule has 140 valence electrons. The Labute approximate surface area is 162 Å². The minimum Gasteiger partial charge on any atom is -0.494 e. The highest BCUT2D eigenvalue weighted by Crippen LogP contribution is 2.28. The third-order valence-corrected chi connectivity index (χ3v) is 5.00. The van der Waals surface area contributed by atoms with Crippen LogP contribution in [0.4, 0.5) is 0 Å². The van der Waals surface area contributed by atoms with E-state index in [4.69, 9.17) is 4.74 Å². The fourth-order valence-corrected chi connectivity index (χ4v) is 3.33. The number of amides is 1. The Morgan fingerprint density at radius 1 is 1.26 bits per heavy atom. The van der Waals surface area contributed by atoms with Crippen LogP contribution in [-0.2, 0) is 11.3 Å². The topological polar surface area (TPSA) is 81.9 Å². The van der Waals surface area contributed by atoms with Gasteiger partial charge in [0.15, 0.2) is 0 Å². The molecule has 0 radical (unpaired) electrons. The molecule has 1 unspecified atom stereocenters. The first-order valence-electron chi connectivity index (χ1n) is 8.50. The second-order valence-corrected chi connectivity index (χ2v) is 7.32. The van der Waals surface area contributed by atoms with Crippen LogP contribution >= 0.6 is 11.8 Å². The molecule has 0 spiro atoms. The third-order valence-electron chi connectivity index (χ3n) is 3.96. The summed E-state index contributed by atoms with van der Waals surface area (Å²) in [5.41, 5.74) is 2.85. The number of tetrazole rings is 1. The smallest absolute Gasteiger partial charge is 0.233 e. The second kappa shape index (κ2) is 8.68. The summed E-state index contributed by atoms with van der Waals surface area (Å²) in [6.45, 7) is 4.30. The van der Waals surface area contributed by atoms with Gasteiger partial charge in [-0.05, 0) is 47.5 Å². The lowest BCUT2D eigenvalue weighted by atomic mass is 10.2. The molecule has 0 aliphatic rings. The predicted octanol–water partition coefficient (Wildman–Crippen LogP) is 2.78. The number of rotatable bonds is 7. The number of benzene rings is 2. The number of thioether (sulfide) groups is 1. The summed E-state index contributed by atoms with van der Waals surface area (Å²) in [6.07, 6.45) is 0. The first kappa shape index (κ1) is 18.9. The van der Waals surface area contributed by atoms with Crippen LogP contribution in [0.2, 0.25) is 0 Å². The van der Waals surface area contributed by atoms with E-state index in [0.29, 0.717) is 17.5 Å². The molecule has 2 aromatic carbocycles. The maximum Gasteiger partial charge on any atom is 0.233 e. The van der Waals surface area contributed by atoms with E-state index in [1.807, 2.05) is 62.4 Å². The molecule has 3 aromatic rings. The first-order chi connectivity index (χ1) is 13.1. The number of carbonyl (C=O) groups is 1. The fraction of sp³-hybridized carbons (Fsp3) is 0.263. The van der Waals surface area contributed by atoms with Crippen molar-refractivity contribution in [2.24, 2.45) is 0 Å². The Balaban J connectivity index is 1.71. The highest BCUT2D eigenvalue weighted by Gasteiger charge is 2.20. The number of nitrogens with one attached hydrogen (secondary N) is 1. The van der Waals surface area contributed by atoms with Gasteiger partial charge in [-0.3, -0.25) is 4.79 Å². The Morgan fingerprint density at radius 3 is 2.78 bits per heavy atom. The molecule has 0 aliphatic heterocycles. The lowest BCUT2D eigenvalue weighted by Gasteiger charge is -2.13. The summed E-state index contributed by atoms with van der Waals surface area (Å²) < 4.78 is 7.01. The minimum absolute atomic E-state index is 0.0744. The molecule has 1 amide bonds. The number of carbonyl (C=O) groups excluding carboxylic acids is 1. The van der Waals surface area contributed by atoms with Crippen molar-refractivity contribution in [3.63, 3.8) is 0 Å². The van der Waals surface area contributed by atoms with Crippen LogP contribution in [0.25, 0.3) is 5.69 Å². The van der Waals surface area contributed by atoms with Crippen LogP contribution in [0.1, 0.15) is 18.1 Å². The molecule has 1 atom stereocenters. The van der Waals surface area contributed by atoms with Crippen molar-refractivity contribution < 1.29 is 9.53 Å². The van der Waals surface area contributed by atoms with Gasteiger partial charge in [-0.2, -0.15) is 4.68 Å². The molecule has 0 saturated carbocycles. The highest BCUT2D eigenvalue weighted by molar-refractivity contribution is 8.00. The number of hydrogen-bond acceptors (Lipinski definition) is 6. The normalized spacial score (nSPS) is 11.8. The molecule has 0 fully saturated rings. The van der Waals surface area contributed by atoms with E-state index in [1.165, 1.54) is 11.8 Å². The molecule has 27 heavy (non-hydrogen) atoms. The van der Waals surface area contributed by atoms with Gasteiger partial charge in [0.1, 0.15) is 11.4 Å². The van der Waals surface area contributed by atoms with Crippen molar-refractivity contribution in [2.45, 2.75) is 30.8 Å². The summed E-state index contributed by atoms with van der Waals surface area (Å²) >= 11 is 1.30. The van der Waals surface area contributed by atoms with E-state index in [2.05, 4.69) is 20.8 Å². The van der Waals surface area contributed by atoms with E-state index in [9.17, 15) is 4.79 Å². The van der Waals surface area contributed by atoms with E-state index < -0.39 is 0 Å². The van der Waals surface area contributed by atoms with E-state index in [1.54, 1.807) is 11.8 Å². The highest BCUT2D eigenvalue weighted by atomic mass is 32.2. The lowest BCUT2D eigenvalue weighted by Crippen LogP contribution is -2.30. The Morgan fingerprint density at radius 2 is 2.04 bits per heavy atom. The van der Waals surface area contributed by atoms with Gasteiger partial charge in [0, 0.05) is 6.54 Å². The number of aromatic nitrogens is 4. The summed E-state index contributed by atoms with van der Waals surface area (Å²) in [7, 11) is 1.60. The van der Waals surface area contributed by atoms with E-state index >= 15 is 0 Å². The third kappa shape index (κ3) is 4.65. The molecule has 0 aliphatic carbocycles. The lowest BCUT2D eigenvalue weighted by molar-refractivity contribution is -0.120. The molecule has 3 rings (SSSR count). The van der Waals surface area contributed by atoms with Crippen molar-refractivity contribution in [3.05, 3.63) is 59.7 Å². The average Bonchev–Trinajstić information content (AvgIpc) is 3.14. The van der Waals surface area contributed by atoms with Gasteiger partial charge in [0.05, 0.1) is 12.4 Å². The van der Waals surface area contributed by atoms with Crippen molar-refractivity contribution in [3.8, 4) is 11.4 Å². The zero-order chi connectivity index (χ0) is 19.2. The summed E-state index contributed by atoms with van der Waals surface area (Å²) in [6, 6.07) is 15.6. The molecular formula is C19H21N5O2S. The zero-order valence-electron chi connectivity index (χ0n) is 15.4. The predicted molar refractivity (Wildman–Crippen MR) is 104 cm³/mol. The van der Waals surface area contributed by atoms with Crippen LogP contribution in [0.3, 0.4) is 0 Å². The monoisotopic (exact) mass is 383 g/mol. The Hall–Kier alpha value is -2.87. The van der Waals surface area contributed by atoms with Crippen molar-refractivity contribution >= 4 is 17.7 Å². The molecule has 1 N–H and O–H groups in total. The fourth-order valence-electron chi connectivity index (χ4n) is 2.51. The second-order valence-electron chi connectivity index (χ2n) is 6.01. The first-order valence-corrected chi connectivity index (χ1v) is 9.38. The van der Waals surface area contributed by atoms with Gasteiger partial charge < -0.3 is 10.1 Å². The van der Waals surface area contributed by atoms with Crippen molar-refractivity contribution in [1.82, 2.24) is 25.5 Å². The Bertz CT molecular complexity index is 913. The number of ether oxygens (including phenoxy) is 1. The van der Waals surface area contributed by atoms with Gasteiger partial charge in [0.2, 0.25) is 11.1 Å². The zero-order valence-corrected chi connectivity index (χ0v) is 16.2. The van der Waals surface area contributed by atoms with Crippen LogP contribution in [-0.4, -0.2) is 38.5 Å². The molecule has 8 heteroatoms. The summed E-state index contributed by atoms with van der Waals surface area (Å²) in [4.78, 5) is 12.4. The molecule has 0 bridgehead atoms. The number of hydrogen-bond donors (Lipinski definition) is 1. The van der Waals surface area contributed by atoms with Crippen molar-refractivity contribution in [1.29, 1.82) is 0 Å². The number of nitrogens with zero attached hydrogens (tertiary/aromatic N) is 4. The van der Waals surface area contributed by atoms with E-state index in [-0.39, 0.29) is 11.2 Å². The maximum atomic E-state index is 12.4. The average molecular weight is 383 g/mol. The van der Waals surface area contributed by atoms with Gasteiger partial charge in [-0.15, -0.1) is 5.10 Å².